The lowest BCUT2D eigenvalue weighted by Gasteiger charge is -2.22. The number of nitriles is 1. The van der Waals surface area contributed by atoms with Crippen molar-refractivity contribution in [1.82, 2.24) is 0 Å². The summed E-state index contributed by atoms with van der Waals surface area (Å²) in [6.07, 6.45) is 0.925. The van der Waals surface area contributed by atoms with Crippen molar-refractivity contribution in [2.75, 3.05) is 25.2 Å². The van der Waals surface area contributed by atoms with Crippen molar-refractivity contribution in [1.29, 1.82) is 5.26 Å². The van der Waals surface area contributed by atoms with Crippen LogP contribution in [0.3, 0.4) is 0 Å². The number of para-hydroxylation sites is 1. The molecule has 128 valence electrons. The fourth-order valence-corrected chi connectivity index (χ4v) is 2.26. The highest BCUT2D eigenvalue weighted by Crippen LogP contribution is 2.27. The number of methoxy groups -OCH3 is 1. The maximum atomic E-state index is 12.5. The molecule has 0 atom stereocenters. The Bertz CT molecular complexity index is 769. The molecule has 0 bridgehead atoms. The number of benzene rings is 2. The van der Waals surface area contributed by atoms with Gasteiger partial charge >= 0.3 is 0 Å². The quantitative estimate of drug-likeness (QED) is 0.692. The molecule has 0 saturated carbocycles. The van der Waals surface area contributed by atoms with E-state index in [1.54, 1.807) is 24.3 Å². The van der Waals surface area contributed by atoms with E-state index < -0.39 is 0 Å². The summed E-state index contributed by atoms with van der Waals surface area (Å²) in [7, 11) is 1.46. The standard InChI is InChI=1S/C19H18N2O4/c1-24-18-12-15(13-22)8-9-17(18)25-14-19(23)21(11-5-10-20)16-6-3-2-4-7-16/h2-4,6-9,12-13H,5,11,14H2,1H3. The van der Waals surface area contributed by atoms with Gasteiger partial charge in [0.05, 0.1) is 19.6 Å². The van der Waals surface area contributed by atoms with E-state index in [0.717, 1.165) is 0 Å². The first kappa shape index (κ1) is 18.0. The zero-order valence-corrected chi connectivity index (χ0v) is 13.8. The van der Waals surface area contributed by atoms with Gasteiger partial charge in [0.1, 0.15) is 6.29 Å². The second-order valence-corrected chi connectivity index (χ2v) is 5.11. The first-order valence-electron chi connectivity index (χ1n) is 7.68. The predicted molar refractivity (Wildman–Crippen MR) is 92.9 cm³/mol. The fraction of sp³-hybridized carbons (Fsp3) is 0.211. The van der Waals surface area contributed by atoms with E-state index in [1.165, 1.54) is 18.1 Å². The largest absolute Gasteiger partial charge is 0.493 e. The van der Waals surface area contributed by atoms with Gasteiger partial charge in [-0.15, -0.1) is 0 Å². The molecular weight excluding hydrogens is 320 g/mol. The Morgan fingerprint density at radius 2 is 1.96 bits per heavy atom. The molecule has 2 aromatic rings. The molecule has 0 spiro atoms. The van der Waals surface area contributed by atoms with Gasteiger partial charge < -0.3 is 14.4 Å². The van der Waals surface area contributed by atoms with Crippen LogP contribution in [-0.2, 0) is 4.79 Å². The Hall–Kier alpha value is -3.33. The summed E-state index contributed by atoms with van der Waals surface area (Å²) in [5, 5.41) is 8.81. The van der Waals surface area contributed by atoms with Crippen LogP contribution in [0.15, 0.2) is 48.5 Å². The number of ether oxygens (including phenoxy) is 2. The number of nitrogens with zero attached hydrogens (tertiary/aromatic N) is 2. The van der Waals surface area contributed by atoms with Crippen LogP contribution in [0.4, 0.5) is 5.69 Å². The summed E-state index contributed by atoms with van der Waals surface area (Å²) >= 11 is 0. The Morgan fingerprint density at radius 1 is 1.20 bits per heavy atom. The minimum Gasteiger partial charge on any atom is -0.493 e. The number of amides is 1. The Balaban J connectivity index is 2.11. The molecule has 0 aromatic heterocycles. The molecule has 0 radical (unpaired) electrons. The second kappa shape index (κ2) is 9.08. The average Bonchev–Trinajstić information content (AvgIpc) is 2.67. The lowest BCUT2D eigenvalue weighted by Crippen LogP contribution is -2.35. The van der Waals surface area contributed by atoms with Crippen molar-refractivity contribution in [2.45, 2.75) is 6.42 Å². The summed E-state index contributed by atoms with van der Waals surface area (Å²) in [4.78, 5) is 24.9. The van der Waals surface area contributed by atoms with Crippen LogP contribution >= 0.6 is 0 Å². The lowest BCUT2D eigenvalue weighted by molar-refractivity contribution is -0.120. The minimum atomic E-state index is -0.275. The third-order valence-electron chi connectivity index (χ3n) is 3.49. The predicted octanol–water partition coefficient (Wildman–Crippen LogP) is 2.83. The molecule has 0 aliphatic carbocycles. The molecule has 0 fully saturated rings. The van der Waals surface area contributed by atoms with Crippen LogP contribution in [0, 0.1) is 11.3 Å². The molecule has 25 heavy (non-hydrogen) atoms. The van der Waals surface area contributed by atoms with E-state index in [0.29, 0.717) is 29.0 Å². The van der Waals surface area contributed by atoms with Crippen LogP contribution in [0.25, 0.3) is 0 Å². The van der Waals surface area contributed by atoms with E-state index in [1.807, 2.05) is 24.3 Å². The third kappa shape index (κ3) is 4.82. The van der Waals surface area contributed by atoms with E-state index in [-0.39, 0.29) is 25.5 Å². The summed E-state index contributed by atoms with van der Waals surface area (Å²) in [5.74, 6) is 0.471. The number of hydrogen-bond acceptors (Lipinski definition) is 5. The minimum absolute atomic E-state index is 0.211. The molecule has 1 amide bonds. The molecule has 0 aliphatic rings. The average molecular weight is 338 g/mol. The smallest absolute Gasteiger partial charge is 0.264 e. The maximum absolute atomic E-state index is 12.5. The topological polar surface area (TPSA) is 79.6 Å². The van der Waals surface area contributed by atoms with E-state index >= 15 is 0 Å². The second-order valence-electron chi connectivity index (χ2n) is 5.11. The number of aldehydes is 1. The van der Waals surface area contributed by atoms with Crippen LogP contribution < -0.4 is 14.4 Å². The van der Waals surface area contributed by atoms with Gasteiger partial charge in [-0.05, 0) is 30.3 Å². The summed E-state index contributed by atoms with van der Waals surface area (Å²) in [6.45, 7) is 0.0705. The first-order valence-corrected chi connectivity index (χ1v) is 7.68. The molecular formula is C19H18N2O4. The van der Waals surface area contributed by atoms with Crippen molar-refractivity contribution < 1.29 is 19.1 Å². The number of rotatable bonds is 8. The van der Waals surface area contributed by atoms with Crippen LogP contribution in [0.1, 0.15) is 16.8 Å². The van der Waals surface area contributed by atoms with Gasteiger partial charge in [-0.2, -0.15) is 5.26 Å². The lowest BCUT2D eigenvalue weighted by atomic mass is 10.2. The monoisotopic (exact) mass is 338 g/mol. The van der Waals surface area contributed by atoms with Crippen LogP contribution in [0.5, 0.6) is 11.5 Å². The highest BCUT2D eigenvalue weighted by atomic mass is 16.5. The molecule has 0 heterocycles. The number of anilines is 1. The fourth-order valence-electron chi connectivity index (χ4n) is 2.26. The zero-order chi connectivity index (χ0) is 18.1. The van der Waals surface area contributed by atoms with Gasteiger partial charge in [0.15, 0.2) is 18.1 Å². The van der Waals surface area contributed by atoms with Crippen molar-refractivity contribution in [3.8, 4) is 17.6 Å². The van der Waals surface area contributed by atoms with Gasteiger partial charge in [0, 0.05) is 17.8 Å². The van der Waals surface area contributed by atoms with E-state index in [2.05, 4.69) is 0 Å². The third-order valence-corrected chi connectivity index (χ3v) is 3.49. The SMILES string of the molecule is COc1cc(C=O)ccc1OCC(=O)N(CCC#N)c1ccccc1. The highest BCUT2D eigenvalue weighted by Gasteiger charge is 2.17. The van der Waals surface area contributed by atoms with Gasteiger partial charge in [-0.25, -0.2) is 0 Å². The molecule has 0 N–H and O–H groups in total. The van der Waals surface area contributed by atoms with Gasteiger partial charge in [-0.1, -0.05) is 18.2 Å². The number of carbonyl (C=O) groups is 2. The normalized spacial score (nSPS) is 9.76. The van der Waals surface area contributed by atoms with Gasteiger partial charge in [0.2, 0.25) is 0 Å². The van der Waals surface area contributed by atoms with Gasteiger partial charge in [-0.3, -0.25) is 9.59 Å². The number of hydrogen-bond donors (Lipinski definition) is 0. The van der Waals surface area contributed by atoms with Gasteiger partial charge in [0.25, 0.3) is 5.91 Å². The molecule has 0 saturated heterocycles. The molecule has 2 aromatic carbocycles. The zero-order valence-electron chi connectivity index (χ0n) is 13.8. The Kier molecular flexibility index (Phi) is 6.55. The molecule has 0 aliphatic heterocycles. The van der Waals surface area contributed by atoms with Crippen molar-refractivity contribution in [3.05, 3.63) is 54.1 Å². The molecule has 6 nitrogen and oxygen atoms in total. The van der Waals surface area contributed by atoms with Crippen LogP contribution in [0.2, 0.25) is 0 Å². The van der Waals surface area contributed by atoms with E-state index in [9.17, 15) is 9.59 Å². The summed E-state index contributed by atoms with van der Waals surface area (Å²) in [5.41, 5.74) is 1.16. The van der Waals surface area contributed by atoms with Crippen molar-refractivity contribution in [3.63, 3.8) is 0 Å². The van der Waals surface area contributed by atoms with Crippen LogP contribution in [-0.4, -0.2) is 32.5 Å². The highest BCUT2D eigenvalue weighted by molar-refractivity contribution is 5.94. The van der Waals surface area contributed by atoms with E-state index in [4.69, 9.17) is 14.7 Å². The molecule has 2 rings (SSSR count). The Labute approximate surface area is 146 Å². The molecule has 6 heteroatoms. The molecule has 0 unspecified atom stereocenters. The number of carbonyl (C=O) groups excluding carboxylic acids is 2. The summed E-state index contributed by atoms with van der Waals surface area (Å²) in [6, 6.07) is 15.8. The summed E-state index contributed by atoms with van der Waals surface area (Å²) < 4.78 is 10.7. The van der Waals surface area contributed by atoms with Crippen molar-refractivity contribution in [2.24, 2.45) is 0 Å². The van der Waals surface area contributed by atoms with Crippen molar-refractivity contribution >= 4 is 17.9 Å². The maximum Gasteiger partial charge on any atom is 0.264 e. The Morgan fingerprint density at radius 3 is 2.60 bits per heavy atom. The first-order chi connectivity index (χ1) is 12.2.